The third kappa shape index (κ3) is 5.10. The summed E-state index contributed by atoms with van der Waals surface area (Å²) in [4.78, 5) is 15.9. The van der Waals surface area contributed by atoms with E-state index < -0.39 is 29.9 Å². The number of ether oxygens (including phenoxy) is 1. The summed E-state index contributed by atoms with van der Waals surface area (Å²) in [7, 11) is 0. The zero-order valence-electron chi connectivity index (χ0n) is 18.0. The van der Waals surface area contributed by atoms with Crippen molar-refractivity contribution in [1.82, 2.24) is 15.5 Å². The number of benzene rings is 1. The number of hydrogen-bond donors (Lipinski definition) is 3. The van der Waals surface area contributed by atoms with Crippen molar-refractivity contribution >= 4 is 44.8 Å². The van der Waals surface area contributed by atoms with Gasteiger partial charge in [0.1, 0.15) is 12.2 Å². The molecular formula is C21H20F4N4O4S2. The number of anilines is 1. The van der Waals surface area contributed by atoms with Crippen LogP contribution in [0.25, 0.3) is 20.8 Å². The molecule has 35 heavy (non-hydrogen) atoms. The monoisotopic (exact) mass is 532 g/mol. The van der Waals surface area contributed by atoms with Gasteiger partial charge in [-0.2, -0.15) is 18.2 Å². The second-order valence-electron chi connectivity index (χ2n) is 8.25. The maximum atomic E-state index is 14.5. The van der Waals surface area contributed by atoms with Gasteiger partial charge < -0.3 is 25.0 Å². The number of halogens is 4. The second-order valence-corrected chi connectivity index (χ2v) is 10.3. The smallest absolute Gasteiger partial charge is 0.394 e. The number of amides is 1. The number of carbonyl (C=O) groups is 1. The highest BCUT2D eigenvalue weighted by Gasteiger charge is 2.36. The summed E-state index contributed by atoms with van der Waals surface area (Å²) < 4.78 is 66.0. The van der Waals surface area contributed by atoms with Crippen LogP contribution < -0.4 is 10.6 Å². The normalized spacial score (nSPS) is 25.2. The lowest BCUT2D eigenvalue weighted by atomic mass is 10.0. The van der Waals surface area contributed by atoms with Gasteiger partial charge in [-0.25, -0.2) is 4.39 Å². The van der Waals surface area contributed by atoms with E-state index in [4.69, 9.17) is 9.26 Å². The summed E-state index contributed by atoms with van der Waals surface area (Å²) in [6, 6.07) is 3.64. The number of fused-ring (bicyclic) bond motifs is 1. The number of nitrogens with one attached hydrogen (secondary N) is 2. The van der Waals surface area contributed by atoms with Gasteiger partial charge in [0.2, 0.25) is 17.6 Å². The Hall–Kier alpha value is -2.42. The minimum Gasteiger partial charge on any atom is -0.394 e. The van der Waals surface area contributed by atoms with Crippen LogP contribution in [-0.4, -0.2) is 58.2 Å². The Morgan fingerprint density at radius 2 is 2.17 bits per heavy atom. The fraction of sp³-hybridized carbons (Fsp3) is 0.476. The molecule has 0 bridgehead atoms. The molecule has 2 aliphatic heterocycles. The minimum atomic E-state index is -4.57. The fourth-order valence-electron chi connectivity index (χ4n) is 4.16. The van der Waals surface area contributed by atoms with E-state index in [2.05, 4.69) is 20.8 Å². The lowest BCUT2D eigenvalue weighted by Gasteiger charge is -2.32. The number of alkyl halides is 4. The summed E-state index contributed by atoms with van der Waals surface area (Å²) in [6.07, 6.45) is -0.914. The van der Waals surface area contributed by atoms with Crippen molar-refractivity contribution in [2.24, 2.45) is 0 Å². The SMILES string of the molecule is O=C1CC[C@H](c2nc(-c3sc4c(N[C@@H]5C[C@H](CO)OC[C@@H]5F)cccc4c3SC(F)(F)F)no2)N1. The molecule has 5 rings (SSSR count). The van der Waals surface area contributed by atoms with E-state index in [1.54, 1.807) is 18.2 Å². The number of rotatable bonds is 6. The van der Waals surface area contributed by atoms with Crippen LogP contribution in [0, 0.1) is 0 Å². The van der Waals surface area contributed by atoms with Crippen molar-refractivity contribution < 1.29 is 36.7 Å². The zero-order chi connectivity index (χ0) is 24.7. The molecule has 2 aromatic heterocycles. The number of aliphatic hydroxyl groups excluding tert-OH is 1. The van der Waals surface area contributed by atoms with Crippen LogP contribution in [0.2, 0.25) is 0 Å². The lowest BCUT2D eigenvalue weighted by Crippen LogP contribution is -2.44. The first-order valence-corrected chi connectivity index (χ1v) is 12.4. The average Bonchev–Trinajstić information content (AvgIpc) is 3.54. The molecule has 2 fully saturated rings. The predicted molar refractivity (Wildman–Crippen MR) is 121 cm³/mol. The van der Waals surface area contributed by atoms with Crippen LogP contribution in [0.5, 0.6) is 0 Å². The first-order chi connectivity index (χ1) is 16.7. The van der Waals surface area contributed by atoms with Crippen molar-refractivity contribution in [3.8, 4) is 10.7 Å². The van der Waals surface area contributed by atoms with Crippen LogP contribution >= 0.6 is 23.1 Å². The van der Waals surface area contributed by atoms with Crippen molar-refractivity contribution in [2.45, 2.75) is 54.0 Å². The van der Waals surface area contributed by atoms with E-state index in [1.165, 1.54) is 0 Å². The maximum Gasteiger partial charge on any atom is 0.446 e. The molecule has 2 aliphatic rings. The van der Waals surface area contributed by atoms with Crippen molar-refractivity contribution in [2.75, 3.05) is 18.5 Å². The molecule has 1 aromatic carbocycles. The van der Waals surface area contributed by atoms with E-state index >= 15 is 0 Å². The average molecular weight is 533 g/mol. The summed E-state index contributed by atoms with van der Waals surface area (Å²) >= 11 is 0.762. The van der Waals surface area contributed by atoms with Gasteiger partial charge in [-0.1, -0.05) is 17.3 Å². The van der Waals surface area contributed by atoms with E-state index in [0.29, 0.717) is 28.6 Å². The van der Waals surface area contributed by atoms with Crippen molar-refractivity contribution in [3.05, 3.63) is 24.1 Å². The van der Waals surface area contributed by atoms with E-state index in [9.17, 15) is 27.5 Å². The standard InChI is InChI=1S/C21H20F4N4O4S2/c22-11-8-32-9(7-30)6-14(11)26-12-3-1-2-10-16(12)34-18(17(10)35-21(23,24)25)19-28-20(33-29-19)13-4-5-15(31)27-13/h1-3,9,11,13-14,26,30H,4-8H2,(H,27,31)/t9-,11+,13-,14-/m1/s1. The van der Waals surface area contributed by atoms with Gasteiger partial charge in [0.25, 0.3) is 0 Å². The molecule has 4 atom stereocenters. The number of aliphatic hydroxyl groups is 1. The van der Waals surface area contributed by atoms with Gasteiger partial charge in [-0.15, -0.1) is 11.3 Å². The topological polar surface area (TPSA) is 110 Å². The Morgan fingerprint density at radius 1 is 1.34 bits per heavy atom. The molecule has 0 saturated carbocycles. The summed E-state index contributed by atoms with van der Waals surface area (Å²) in [6.45, 7) is -0.445. The third-order valence-corrected chi connectivity index (χ3v) is 8.04. The largest absolute Gasteiger partial charge is 0.446 e. The quantitative estimate of drug-likeness (QED) is 0.316. The molecule has 0 aliphatic carbocycles. The number of hydrogen-bond acceptors (Lipinski definition) is 9. The molecule has 2 saturated heterocycles. The number of thioether (sulfide) groups is 1. The number of nitrogens with zero attached hydrogens (tertiary/aromatic N) is 2. The van der Waals surface area contributed by atoms with Crippen LogP contribution in [0.15, 0.2) is 27.6 Å². The van der Waals surface area contributed by atoms with Gasteiger partial charge in [-0.05, 0) is 30.7 Å². The Bertz CT molecular complexity index is 1230. The number of carbonyl (C=O) groups excluding carboxylic acids is 1. The van der Waals surface area contributed by atoms with Crippen molar-refractivity contribution in [3.63, 3.8) is 0 Å². The molecular weight excluding hydrogens is 512 g/mol. The zero-order valence-corrected chi connectivity index (χ0v) is 19.6. The first kappa shape index (κ1) is 24.3. The predicted octanol–water partition coefficient (Wildman–Crippen LogP) is 4.41. The van der Waals surface area contributed by atoms with Gasteiger partial charge in [0, 0.05) is 16.7 Å². The Kier molecular flexibility index (Phi) is 6.63. The van der Waals surface area contributed by atoms with Crippen LogP contribution in [0.4, 0.5) is 23.2 Å². The lowest BCUT2D eigenvalue weighted by molar-refractivity contribution is -0.119. The molecule has 0 spiro atoms. The highest BCUT2D eigenvalue weighted by Crippen LogP contribution is 2.51. The first-order valence-electron chi connectivity index (χ1n) is 10.8. The fourth-order valence-corrected chi connectivity index (χ4v) is 6.27. The number of aromatic nitrogens is 2. The molecule has 8 nitrogen and oxygen atoms in total. The summed E-state index contributed by atoms with van der Waals surface area (Å²) in [5.74, 6) is -0.0553. The van der Waals surface area contributed by atoms with Crippen LogP contribution in [-0.2, 0) is 9.53 Å². The molecule has 188 valence electrons. The Balaban J connectivity index is 1.53. The maximum absolute atomic E-state index is 14.5. The highest BCUT2D eigenvalue weighted by molar-refractivity contribution is 8.00. The second kappa shape index (κ2) is 9.56. The molecule has 1 amide bonds. The Labute approximate surface area is 204 Å². The van der Waals surface area contributed by atoms with Gasteiger partial charge in [0.15, 0.2) is 0 Å². The Morgan fingerprint density at radius 3 is 2.89 bits per heavy atom. The van der Waals surface area contributed by atoms with Gasteiger partial charge in [0.05, 0.1) is 40.6 Å². The van der Waals surface area contributed by atoms with E-state index in [-0.39, 0.29) is 58.8 Å². The number of thiophene rings is 1. The molecule has 3 aromatic rings. The molecule has 0 radical (unpaired) electrons. The molecule has 3 N–H and O–H groups in total. The van der Waals surface area contributed by atoms with Crippen LogP contribution in [0.1, 0.15) is 31.2 Å². The van der Waals surface area contributed by atoms with Gasteiger partial charge >= 0.3 is 5.51 Å². The van der Waals surface area contributed by atoms with Gasteiger partial charge in [-0.3, -0.25) is 4.79 Å². The third-order valence-electron chi connectivity index (χ3n) is 5.82. The van der Waals surface area contributed by atoms with E-state index in [0.717, 1.165) is 11.3 Å². The minimum absolute atomic E-state index is 0.0187. The molecule has 4 heterocycles. The molecule has 14 heteroatoms. The summed E-state index contributed by atoms with van der Waals surface area (Å²) in [5, 5.41) is 19.4. The summed E-state index contributed by atoms with van der Waals surface area (Å²) in [5.41, 5.74) is -4.11. The van der Waals surface area contributed by atoms with Crippen LogP contribution in [0.3, 0.4) is 0 Å². The molecule has 0 unspecified atom stereocenters. The highest BCUT2D eigenvalue weighted by atomic mass is 32.2. The van der Waals surface area contributed by atoms with E-state index in [1.807, 2.05) is 0 Å². The van der Waals surface area contributed by atoms with Crippen molar-refractivity contribution in [1.29, 1.82) is 0 Å².